The average molecular weight is 373 g/mol. The standard InChI is InChI=1S/C16H15N5O2S2/c1-9-7-24-15(18-9)12(6-17)13(22)8-25-16-20-19-14(21(16)3)11-4-5-23-10(11)2/h4-5,7,12H,8H2,1-3H3/t12-/m0/s1. The number of thioether (sulfide) groups is 1. The number of carbonyl (C=O) groups excluding carboxylic acids is 1. The molecule has 3 heterocycles. The van der Waals surface area contributed by atoms with E-state index in [1.54, 1.807) is 6.26 Å². The molecule has 7 nitrogen and oxygen atoms in total. The molecule has 0 aromatic carbocycles. The Labute approximate surface area is 152 Å². The zero-order valence-corrected chi connectivity index (χ0v) is 15.5. The van der Waals surface area contributed by atoms with Gasteiger partial charge in [0.05, 0.1) is 23.6 Å². The third-order valence-corrected chi connectivity index (χ3v) is 5.68. The topological polar surface area (TPSA) is 97.6 Å². The molecule has 0 aliphatic carbocycles. The van der Waals surface area contributed by atoms with Crippen LogP contribution in [0, 0.1) is 25.2 Å². The molecule has 0 aliphatic rings. The van der Waals surface area contributed by atoms with Crippen molar-refractivity contribution in [3.63, 3.8) is 0 Å². The predicted octanol–water partition coefficient (Wildman–Crippen LogP) is 3.12. The van der Waals surface area contributed by atoms with Crippen LogP contribution in [0.5, 0.6) is 0 Å². The first-order chi connectivity index (χ1) is 12.0. The summed E-state index contributed by atoms with van der Waals surface area (Å²) in [5.74, 6) is 0.536. The van der Waals surface area contributed by atoms with E-state index in [4.69, 9.17) is 4.42 Å². The molecule has 0 N–H and O–H groups in total. The smallest absolute Gasteiger partial charge is 0.191 e. The molecule has 3 aromatic rings. The maximum absolute atomic E-state index is 12.4. The van der Waals surface area contributed by atoms with Crippen LogP contribution in [0.2, 0.25) is 0 Å². The van der Waals surface area contributed by atoms with Gasteiger partial charge in [-0.2, -0.15) is 5.26 Å². The molecule has 0 unspecified atom stereocenters. The second-order valence-electron chi connectivity index (χ2n) is 5.40. The molecule has 0 saturated heterocycles. The summed E-state index contributed by atoms with van der Waals surface area (Å²) in [7, 11) is 1.83. The number of hydrogen-bond acceptors (Lipinski definition) is 8. The molecule has 0 fully saturated rings. The van der Waals surface area contributed by atoms with Crippen molar-refractivity contribution >= 4 is 28.9 Å². The van der Waals surface area contributed by atoms with Crippen LogP contribution < -0.4 is 0 Å². The molecule has 25 heavy (non-hydrogen) atoms. The second-order valence-corrected chi connectivity index (χ2v) is 7.23. The minimum absolute atomic E-state index is 0.132. The Balaban J connectivity index is 1.72. The maximum Gasteiger partial charge on any atom is 0.191 e. The van der Waals surface area contributed by atoms with E-state index in [9.17, 15) is 10.1 Å². The normalized spacial score (nSPS) is 12.1. The van der Waals surface area contributed by atoms with Gasteiger partial charge in [0.15, 0.2) is 22.7 Å². The molecule has 0 amide bonds. The summed E-state index contributed by atoms with van der Waals surface area (Å²) in [5.41, 5.74) is 1.68. The van der Waals surface area contributed by atoms with Gasteiger partial charge in [0.1, 0.15) is 10.8 Å². The van der Waals surface area contributed by atoms with Crippen molar-refractivity contribution in [1.82, 2.24) is 19.7 Å². The Morgan fingerprint density at radius 2 is 2.28 bits per heavy atom. The van der Waals surface area contributed by atoms with Crippen molar-refractivity contribution in [2.24, 2.45) is 7.05 Å². The monoisotopic (exact) mass is 373 g/mol. The van der Waals surface area contributed by atoms with Gasteiger partial charge in [-0.05, 0) is 19.9 Å². The Morgan fingerprint density at radius 1 is 1.48 bits per heavy atom. The van der Waals surface area contributed by atoms with Crippen molar-refractivity contribution in [1.29, 1.82) is 5.26 Å². The Morgan fingerprint density at radius 3 is 2.88 bits per heavy atom. The van der Waals surface area contributed by atoms with Crippen LogP contribution >= 0.6 is 23.1 Å². The molecule has 9 heteroatoms. The molecule has 0 spiro atoms. The minimum Gasteiger partial charge on any atom is -0.469 e. The van der Waals surface area contributed by atoms with Gasteiger partial charge in [0, 0.05) is 18.1 Å². The van der Waals surface area contributed by atoms with Gasteiger partial charge < -0.3 is 8.98 Å². The summed E-state index contributed by atoms with van der Waals surface area (Å²) in [5, 5.41) is 20.6. The Kier molecular flexibility index (Phi) is 5.01. The predicted molar refractivity (Wildman–Crippen MR) is 94.4 cm³/mol. The number of thiazole rings is 1. The lowest BCUT2D eigenvalue weighted by molar-refractivity contribution is -0.116. The molecule has 0 bridgehead atoms. The summed E-state index contributed by atoms with van der Waals surface area (Å²) in [4.78, 5) is 16.7. The third-order valence-electron chi connectivity index (χ3n) is 3.61. The van der Waals surface area contributed by atoms with E-state index < -0.39 is 5.92 Å². The highest BCUT2D eigenvalue weighted by atomic mass is 32.2. The molecule has 3 rings (SSSR count). The van der Waals surface area contributed by atoms with Crippen LogP contribution in [0.1, 0.15) is 22.4 Å². The largest absolute Gasteiger partial charge is 0.469 e. The van der Waals surface area contributed by atoms with Crippen LogP contribution in [-0.4, -0.2) is 31.3 Å². The number of carbonyl (C=O) groups is 1. The molecule has 128 valence electrons. The lowest BCUT2D eigenvalue weighted by Crippen LogP contribution is -2.13. The number of rotatable bonds is 6. The fourth-order valence-corrected chi connectivity index (χ4v) is 3.96. The van der Waals surface area contributed by atoms with Crippen LogP contribution in [-0.2, 0) is 11.8 Å². The van der Waals surface area contributed by atoms with E-state index in [-0.39, 0.29) is 11.5 Å². The van der Waals surface area contributed by atoms with E-state index in [0.717, 1.165) is 17.0 Å². The number of Topliss-reactive ketones (excluding diaryl/α,β-unsaturated/α-hetero) is 1. The first-order valence-electron chi connectivity index (χ1n) is 7.42. The second kappa shape index (κ2) is 7.21. The number of aryl methyl sites for hydroxylation is 2. The van der Waals surface area contributed by atoms with Gasteiger partial charge in [-0.25, -0.2) is 4.98 Å². The van der Waals surface area contributed by atoms with Crippen LogP contribution in [0.4, 0.5) is 0 Å². The maximum atomic E-state index is 12.4. The number of nitrogens with zero attached hydrogens (tertiary/aromatic N) is 5. The van der Waals surface area contributed by atoms with Crippen LogP contribution in [0.3, 0.4) is 0 Å². The molecule has 1 atom stereocenters. The fraction of sp³-hybridized carbons (Fsp3) is 0.312. The molecule has 0 aliphatic heterocycles. The van der Waals surface area contributed by atoms with Crippen molar-refractivity contribution in [2.75, 3.05) is 5.75 Å². The molecule has 3 aromatic heterocycles. The first kappa shape index (κ1) is 17.4. The van der Waals surface area contributed by atoms with E-state index in [1.165, 1.54) is 23.1 Å². The first-order valence-corrected chi connectivity index (χ1v) is 9.28. The van der Waals surface area contributed by atoms with Gasteiger partial charge in [-0.1, -0.05) is 11.8 Å². The third kappa shape index (κ3) is 3.50. The van der Waals surface area contributed by atoms with Gasteiger partial charge >= 0.3 is 0 Å². The summed E-state index contributed by atoms with van der Waals surface area (Å²) in [6, 6.07) is 3.88. The number of aromatic nitrogens is 4. The highest BCUT2D eigenvalue weighted by Gasteiger charge is 2.24. The van der Waals surface area contributed by atoms with E-state index in [2.05, 4.69) is 15.2 Å². The molecular formula is C16H15N5O2S2. The zero-order chi connectivity index (χ0) is 18.0. The summed E-state index contributed by atoms with van der Waals surface area (Å²) in [6.07, 6.45) is 1.60. The zero-order valence-electron chi connectivity index (χ0n) is 13.9. The van der Waals surface area contributed by atoms with Crippen molar-refractivity contribution in [3.8, 4) is 17.5 Å². The lowest BCUT2D eigenvalue weighted by atomic mass is 10.1. The Bertz CT molecular complexity index is 950. The number of ketones is 1. The van der Waals surface area contributed by atoms with Gasteiger partial charge in [-0.3, -0.25) is 4.79 Å². The van der Waals surface area contributed by atoms with Crippen LogP contribution in [0.25, 0.3) is 11.4 Å². The Hall–Kier alpha value is -2.44. The SMILES string of the molecule is Cc1csc([C@@H](C#N)C(=O)CSc2nnc(-c3ccoc3C)n2C)n1. The fourth-order valence-electron chi connectivity index (χ4n) is 2.28. The molecule has 0 saturated carbocycles. The minimum atomic E-state index is -0.838. The number of nitriles is 1. The van der Waals surface area contributed by atoms with Gasteiger partial charge in [-0.15, -0.1) is 21.5 Å². The van der Waals surface area contributed by atoms with Crippen molar-refractivity contribution in [2.45, 2.75) is 24.9 Å². The van der Waals surface area contributed by atoms with E-state index in [0.29, 0.717) is 16.0 Å². The highest BCUT2D eigenvalue weighted by molar-refractivity contribution is 7.99. The molecule has 0 radical (unpaired) electrons. The van der Waals surface area contributed by atoms with E-state index in [1.807, 2.05) is 43.0 Å². The van der Waals surface area contributed by atoms with Crippen molar-refractivity contribution < 1.29 is 9.21 Å². The van der Waals surface area contributed by atoms with E-state index >= 15 is 0 Å². The molecular weight excluding hydrogens is 358 g/mol. The summed E-state index contributed by atoms with van der Waals surface area (Å²) >= 11 is 2.59. The number of hydrogen-bond donors (Lipinski definition) is 0. The van der Waals surface area contributed by atoms with Gasteiger partial charge in [0.25, 0.3) is 0 Å². The lowest BCUT2D eigenvalue weighted by Gasteiger charge is -2.05. The number of furan rings is 1. The average Bonchev–Trinajstić information content (AvgIpc) is 3.28. The quantitative estimate of drug-likeness (QED) is 0.612. The summed E-state index contributed by atoms with van der Waals surface area (Å²) < 4.78 is 7.10. The summed E-state index contributed by atoms with van der Waals surface area (Å²) in [6.45, 7) is 3.69. The highest BCUT2D eigenvalue weighted by Crippen LogP contribution is 2.27. The van der Waals surface area contributed by atoms with Crippen molar-refractivity contribution in [3.05, 3.63) is 34.2 Å². The van der Waals surface area contributed by atoms with Crippen LogP contribution in [0.15, 0.2) is 27.3 Å². The van der Waals surface area contributed by atoms with Gasteiger partial charge in [0.2, 0.25) is 0 Å².